The van der Waals surface area contributed by atoms with E-state index in [0.29, 0.717) is 12.8 Å². The van der Waals surface area contributed by atoms with Crippen molar-refractivity contribution in [3.05, 3.63) is 35.9 Å². The summed E-state index contributed by atoms with van der Waals surface area (Å²) in [4.78, 5) is 4.48. The molecule has 0 amide bonds. The third kappa shape index (κ3) is 6.69. The van der Waals surface area contributed by atoms with Gasteiger partial charge < -0.3 is 10.4 Å². The molecular formula is C19H29FN2O. The summed E-state index contributed by atoms with van der Waals surface area (Å²) in [6, 6.07) is 10.2. The van der Waals surface area contributed by atoms with Crippen molar-refractivity contribution in [2.24, 2.45) is 10.9 Å². The second kappa shape index (κ2) is 8.44. The van der Waals surface area contributed by atoms with Gasteiger partial charge in [-0.15, -0.1) is 0 Å². The van der Waals surface area contributed by atoms with E-state index in [1.54, 1.807) is 13.8 Å². The van der Waals surface area contributed by atoms with Crippen LogP contribution in [0.1, 0.15) is 45.1 Å². The number of aliphatic hydroxyl groups excluding tert-OH is 1. The SMILES string of the molecule is CC(C)(F)CCC(CC(O)CCc1ccccc1)C1=NCCN1. The van der Waals surface area contributed by atoms with E-state index in [-0.39, 0.29) is 12.0 Å². The van der Waals surface area contributed by atoms with Gasteiger partial charge in [-0.25, -0.2) is 4.39 Å². The molecule has 0 bridgehead atoms. The summed E-state index contributed by atoms with van der Waals surface area (Å²) in [5.41, 5.74) is 0.0659. The molecule has 1 aliphatic heterocycles. The highest BCUT2D eigenvalue weighted by atomic mass is 19.1. The predicted molar refractivity (Wildman–Crippen MR) is 93.6 cm³/mol. The van der Waals surface area contributed by atoms with Crippen LogP contribution in [0.5, 0.6) is 0 Å². The van der Waals surface area contributed by atoms with Gasteiger partial charge in [0, 0.05) is 12.5 Å². The molecule has 2 unspecified atom stereocenters. The van der Waals surface area contributed by atoms with Crippen LogP contribution >= 0.6 is 0 Å². The van der Waals surface area contributed by atoms with Crippen LogP contribution in [-0.2, 0) is 6.42 Å². The molecule has 0 aliphatic carbocycles. The number of aliphatic hydroxyl groups is 1. The van der Waals surface area contributed by atoms with Crippen LogP contribution in [0.3, 0.4) is 0 Å². The minimum absolute atomic E-state index is 0.123. The van der Waals surface area contributed by atoms with Crippen molar-refractivity contribution < 1.29 is 9.50 Å². The molecule has 1 heterocycles. The molecule has 0 aromatic heterocycles. The van der Waals surface area contributed by atoms with Gasteiger partial charge in [0.1, 0.15) is 5.67 Å². The molecule has 1 aromatic rings. The zero-order valence-electron chi connectivity index (χ0n) is 14.3. The number of rotatable bonds is 9. The Morgan fingerprint density at radius 1 is 1.26 bits per heavy atom. The predicted octanol–water partition coefficient (Wildman–Crippen LogP) is 3.52. The van der Waals surface area contributed by atoms with Crippen LogP contribution < -0.4 is 5.32 Å². The number of amidine groups is 1. The number of hydrogen-bond donors (Lipinski definition) is 2. The van der Waals surface area contributed by atoms with E-state index >= 15 is 0 Å². The van der Waals surface area contributed by atoms with Gasteiger partial charge in [-0.05, 0) is 51.5 Å². The summed E-state index contributed by atoms with van der Waals surface area (Å²) >= 11 is 0. The van der Waals surface area contributed by atoms with E-state index in [0.717, 1.165) is 38.2 Å². The molecule has 2 N–H and O–H groups in total. The van der Waals surface area contributed by atoms with E-state index in [1.165, 1.54) is 5.56 Å². The number of benzene rings is 1. The van der Waals surface area contributed by atoms with E-state index in [9.17, 15) is 9.50 Å². The molecule has 0 saturated heterocycles. The van der Waals surface area contributed by atoms with Crippen molar-refractivity contribution in [2.75, 3.05) is 13.1 Å². The van der Waals surface area contributed by atoms with Crippen LogP contribution in [0.4, 0.5) is 4.39 Å². The molecule has 1 aromatic carbocycles. The highest BCUT2D eigenvalue weighted by Gasteiger charge is 2.25. The standard InChI is InChI=1S/C19H29FN2O/c1-19(2,20)11-10-16(18-21-12-13-22-18)14-17(23)9-8-15-6-4-3-5-7-15/h3-7,16-17,23H,8-14H2,1-2H3,(H,21,22). The fourth-order valence-electron chi connectivity index (χ4n) is 3.00. The molecule has 1 aliphatic rings. The molecule has 0 spiro atoms. The second-order valence-electron chi connectivity index (χ2n) is 7.06. The first-order valence-electron chi connectivity index (χ1n) is 8.63. The maximum Gasteiger partial charge on any atom is 0.105 e. The molecule has 0 radical (unpaired) electrons. The molecule has 0 fully saturated rings. The van der Waals surface area contributed by atoms with Gasteiger partial charge in [0.05, 0.1) is 18.5 Å². The lowest BCUT2D eigenvalue weighted by atomic mass is 9.89. The van der Waals surface area contributed by atoms with Gasteiger partial charge in [0.15, 0.2) is 0 Å². The van der Waals surface area contributed by atoms with Crippen molar-refractivity contribution in [1.82, 2.24) is 5.32 Å². The fourth-order valence-corrected chi connectivity index (χ4v) is 3.00. The first-order chi connectivity index (χ1) is 10.9. The summed E-state index contributed by atoms with van der Waals surface area (Å²) in [6.07, 6.45) is 3.07. The monoisotopic (exact) mass is 320 g/mol. The van der Waals surface area contributed by atoms with Gasteiger partial charge in [-0.2, -0.15) is 0 Å². The first-order valence-corrected chi connectivity index (χ1v) is 8.63. The smallest absolute Gasteiger partial charge is 0.105 e. The van der Waals surface area contributed by atoms with Gasteiger partial charge in [-0.3, -0.25) is 4.99 Å². The minimum Gasteiger partial charge on any atom is -0.393 e. The van der Waals surface area contributed by atoms with Crippen molar-refractivity contribution >= 4 is 5.84 Å². The van der Waals surface area contributed by atoms with Crippen LogP contribution in [0.25, 0.3) is 0 Å². The van der Waals surface area contributed by atoms with Crippen LogP contribution in [0, 0.1) is 5.92 Å². The molecule has 4 heteroatoms. The Morgan fingerprint density at radius 3 is 2.61 bits per heavy atom. The van der Waals surface area contributed by atoms with Gasteiger partial charge >= 0.3 is 0 Å². The van der Waals surface area contributed by atoms with Gasteiger partial charge in [0.2, 0.25) is 0 Å². The minimum atomic E-state index is -1.17. The Morgan fingerprint density at radius 2 is 2.00 bits per heavy atom. The Labute approximate surface area is 139 Å². The fraction of sp³-hybridized carbons (Fsp3) is 0.632. The van der Waals surface area contributed by atoms with Crippen LogP contribution in [0.2, 0.25) is 0 Å². The summed E-state index contributed by atoms with van der Waals surface area (Å²) in [5.74, 6) is 1.08. The zero-order chi connectivity index (χ0) is 16.7. The van der Waals surface area contributed by atoms with Crippen molar-refractivity contribution in [1.29, 1.82) is 0 Å². The Kier molecular flexibility index (Phi) is 6.58. The molecule has 128 valence electrons. The second-order valence-corrected chi connectivity index (χ2v) is 7.06. The summed E-state index contributed by atoms with van der Waals surface area (Å²) < 4.78 is 13.8. The molecule has 0 saturated carbocycles. The van der Waals surface area contributed by atoms with Crippen LogP contribution in [-0.4, -0.2) is 35.8 Å². The van der Waals surface area contributed by atoms with Crippen LogP contribution in [0.15, 0.2) is 35.3 Å². The van der Waals surface area contributed by atoms with E-state index in [4.69, 9.17) is 0 Å². The topological polar surface area (TPSA) is 44.6 Å². The van der Waals surface area contributed by atoms with Crippen molar-refractivity contribution in [3.63, 3.8) is 0 Å². The molecule has 23 heavy (non-hydrogen) atoms. The molecular weight excluding hydrogens is 291 g/mol. The number of aliphatic imine (C=N–C) groups is 1. The van der Waals surface area contributed by atoms with Crippen molar-refractivity contribution in [3.8, 4) is 0 Å². The lowest BCUT2D eigenvalue weighted by Crippen LogP contribution is -2.31. The third-order valence-electron chi connectivity index (χ3n) is 4.34. The Balaban J connectivity index is 1.85. The number of hydrogen-bond acceptors (Lipinski definition) is 3. The Bertz CT molecular complexity index is 496. The highest BCUT2D eigenvalue weighted by Crippen LogP contribution is 2.25. The Hall–Kier alpha value is -1.42. The number of nitrogens with one attached hydrogen (secondary N) is 1. The number of alkyl halides is 1. The normalized spacial score (nSPS) is 17.5. The largest absolute Gasteiger partial charge is 0.393 e. The zero-order valence-corrected chi connectivity index (χ0v) is 14.3. The summed E-state index contributed by atoms with van der Waals surface area (Å²) in [5, 5.41) is 13.7. The maximum absolute atomic E-state index is 13.8. The number of aryl methyl sites for hydroxylation is 1. The number of nitrogens with zero attached hydrogens (tertiary/aromatic N) is 1. The average Bonchev–Trinajstić information content (AvgIpc) is 3.04. The lowest BCUT2D eigenvalue weighted by molar-refractivity contribution is 0.133. The van der Waals surface area contributed by atoms with Gasteiger partial charge in [0.25, 0.3) is 0 Å². The van der Waals surface area contributed by atoms with Gasteiger partial charge in [-0.1, -0.05) is 30.3 Å². The summed E-state index contributed by atoms with van der Waals surface area (Å²) in [7, 11) is 0. The highest BCUT2D eigenvalue weighted by molar-refractivity contribution is 5.85. The van der Waals surface area contributed by atoms with E-state index in [2.05, 4.69) is 22.4 Å². The first kappa shape index (κ1) is 17.9. The maximum atomic E-state index is 13.8. The third-order valence-corrected chi connectivity index (χ3v) is 4.34. The van der Waals surface area contributed by atoms with E-state index in [1.807, 2.05) is 18.2 Å². The molecule has 3 nitrogen and oxygen atoms in total. The number of halogens is 1. The van der Waals surface area contributed by atoms with E-state index < -0.39 is 5.67 Å². The van der Waals surface area contributed by atoms with Crippen molar-refractivity contribution in [2.45, 2.75) is 57.7 Å². The molecule has 2 atom stereocenters. The quantitative estimate of drug-likeness (QED) is 0.731. The lowest BCUT2D eigenvalue weighted by Gasteiger charge is -2.23. The average molecular weight is 320 g/mol. The summed E-state index contributed by atoms with van der Waals surface area (Å²) in [6.45, 7) is 4.86. The molecule has 2 rings (SSSR count).